The first-order valence-corrected chi connectivity index (χ1v) is 19.9. The Bertz CT molecular complexity index is 1760. The predicted molar refractivity (Wildman–Crippen MR) is 217 cm³/mol. The number of nitrogens with zero attached hydrogens (tertiary/aromatic N) is 4. The highest BCUT2D eigenvalue weighted by atomic mass is 32.2. The average molecular weight is 729 g/mol. The number of tetrazole rings is 1. The summed E-state index contributed by atoms with van der Waals surface area (Å²) < 4.78 is 4.86. The topological polar surface area (TPSA) is 90.1 Å². The lowest BCUT2D eigenvalue weighted by molar-refractivity contribution is -0.140. The van der Waals surface area contributed by atoms with E-state index in [2.05, 4.69) is 65.8 Å². The van der Waals surface area contributed by atoms with Gasteiger partial charge >= 0.3 is 5.97 Å². The van der Waals surface area contributed by atoms with Gasteiger partial charge in [-0.05, 0) is 46.4 Å². The minimum absolute atomic E-state index is 0.266. The standard InChI is InChI=1S/C45H52N4O3S/c1-3-4-5-6-7-8-9-10-11-12-22-32-41(53-34-33-42(50)52-2)43(51)36-24-23-25-37(35-36)44-46-48-49(47-44)45(38-26-16-13-17-27-38,39-28-18-14-19-29-39)40-30-20-15-21-31-40/h11-32,35,41,43,51H,3-10,33-34H2,1-2H3/b12-11-,32-22+/t41-,43+/m1/s1. The maximum atomic E-state index is 11.9. The number of esters is 1. The van der Waals surface area contributed by atoms with Crippen molar-refractivity contribution in [1.82, 2.24) is 20.2 Å². The van der Waals surface area contributed by atoms with Crippen LogP contribution in [0, 0.1) is 0 Å². The second kappa shape index (κ2) is 21.0. The lowest BCUT2D eigenvalue weighted by Crippen LogP contribution is -2.39. The van der Waals surface area contributed by atoms with Gasteiger partial charge in [0.25, 0.3) is 0 Å². The fraction of sp³-hybridized carbons (Fsp3) is 0.333. The molecule has 276 valence electrons. The van der Waals surface area contributed by atoms with Crippen molar-refractivity contribution in [3.63, 3.8) is 0 Å². The van der Waals surface area contributed by atoms with Crippen molar-refractivity contribution in [2.75, 3.05) is 12.9 Å². The number of aliphatic hydroxyl groups excluding tert-OH is 1. The number of hydrogen-bond donors (Lipinski definition) is 1. The van der Waals surface area contributed by atoms with Crippen LogP contribution < -0.4 is 0 Å². The molecule has 0 amide bonds. The Morgan fingerprint density at radius 2 is 1.42 bits per heavy atom. The van der Waals surface area contributed by atoms with Gasteiger partial charge in [0.1, 0.15) is 0 Å². The van der Waals surface area contributed by atoms with Gasteiger partial charge in [-0.25, -0.2) is 0 Å². The minimum Gasteiger partial charge on any atom is -0.469 e. The number of thioether (sulfide) groups is 1. The van der Waals surface area contributed by atoms with E-state index in [1.54, 1.807) is 4.80 Å². The Morgan fingerprint density at radius 1 is 0.811 bits per heavy atom. The molecule has 0 aliphatic heterocycles. The van der Waals surface area contributed by atoms with Gasteiger partial charge in [0.05, 0.1) is 24.9 Å². The van der Waals surface area contributed by atoms with Gasteiger partial charge in [-0.15, -0.1) is 15.0 Å². The predicted octanol–water partition coefficient (Wildman–Crippen LogP) is 10.1. The number of allylic oxidation sites excluding steroid dienone is 3. The number of hydrogen-bond acceptors (Lipinski definition) is 7. The molecule has 5 aromatic rings. The molecule has 1 N–H and O–H groups in total. The van der Waals surface area contributed by atoms with E-state index in [-0.39, 0.29) is 17.6 Å². The summed E-state index contributed by atoms with van der Waals surface area (Å²) in [6.45, 7) is 2.25. The molecular weight excluding hydrogens is 677 g/mol. The molecule has 0 spiro atoms. The molecular formula is C45H52N4O3S. The van der Waals surface area contributed by atoms with Crippen molar-refractivity contribution in [2.24, 2.45) is 0 Å². The molecule has 0 saturated carbocycles. The van der Waals surface area contributed by atoms with E-state index in [1.165, 1.54) is 63.8 Å². The molecule has 4 aromatic carbocycles. The van der Waals surface area contributed by atoms with Gasteiger partial charge in [-0.3, -0.25) is 4.79 Å². The number of carbonyl (C=O) groups excluding carboxylic acids is 1. The molecule has 0 unspecified atom stereocenters. The maximum Gasteiger partial charge on any atom is 0.306 e. The van der Waals surface area contributed by atoms with Crippen LogP contribution in [0.15, 0.2) is 140 Å². The van der Waals surface area contributed by atoms with Gasteiger partial charge in [-0.2, -0.15) is 11.8 Å². The molecule has 0 saturated heterocycles. The van der Waals surface area contributed by atoms with E-state index in [0.717, 1.165) is 34.2 Å². The fourth-order valence-electron chi connectivity index (χ4n) is 6.61. The average Bonchev–Trinajstić information content (AvgIpc) is 3.71. The van der Waals surface area contributed by atoms with Crippen LogP contribution in [-0.2, 0) is 15.1 Å². The number of methoxy groups -OCH3 is 1. The van der Waals surface area contributed by atoms with E-state index in [1.807, 2.05) is 91.0 Å². The smallest absolute Gasteiger partial charge is 0.306 e. The first-order valence-electron chi connectivity index (χ1n) is 18.8. The lowest BCUT2D eigenvalue weighted by atomic mass is 9.77. The molecule has 0 aliphatic carbocycles. The highest BCUT2D eigenvalue weighted by Crippen LogP contribution is 2.40. The van der Waals surface area contributed by atoms with Crippen molar-refractivity contribution in [1.29, 1.82) is 0 Å². The molecule has 8 heteroatoms. The van der Waals surface area contributed by atoms with Crippen LogP contribution >= 0.6 is 11.8 Å². The summed E-state index contributed by atoms with van der Waals surface area (Å²) in [5.41, 5.74) is 3.58. The molecule has 53 heavy (non-hydrogen) atoms. The third-order valence-electron chi connectivity index (χ3n) is 9.45. The summed E-state index contributed by atoms with van der Waals surface area (Å²) in [5.74, 6) is 0.708. The zero-order chi connectivity index (χ0) is 37.1. The zero-order valence-electron chi connectivity index (χ0n) is 31.0. The van der Waals surface area contributed by atoms with Crippen LogP contribution in [0.1, 0.15) is 93.1 Å². The van der Waals surface area contributed by atoms with E-state index in [9.17, 15) is 9.90 Å². The molecule has 0 radical (unpaired) electrons. The molecule has 2 atom stereocenters. The third kappa shape index (κ3) is 10.6. The van der Waals surface area contributed by atoms with Gasteiger partial charge in [0.2, 0.25) is 5.82 Å². The van der Waals surface area contributed by atoms with Crippen molar-refractivity contribution >= 4 is 17.7 Å². The molecule has 5 rings (SSSR count). The number of benzene rings is 4. The second-order valence-electron chi connectivity index (χ2n) is 13.2. The van der Waals surface area contributed by atoms with Crippen LogP contribution in [-0.4, -0.2) is 49.4 Å². The quantitative estimate of drug-likeness (QED) is 0.0348. The number of rotatable bonds is 21. The van der Waals surface area contributed by atoms with Crippen molar-refractivity contribution in [3.05, 3.63) is 162 Å². The molecule has 1 heterocycles. The fourth-order valence-corrected chi connectivity index (χ4v) is 7.71. The SMILES string of the molecule is CCCCCCCCC/C=C\C=C\[C@@H](SCCC(=O)OC)[C@@H](O)c1cccc(-c2nnn(C(c3ccccc3)(c3ccccc3)c3ccccc3)n2)c1. The summed E-state index contributed by atoms with van der Waals surface area (Å²) >= 11 is 1.53. The second-order valence-corrected chi connectivity index (χ2v) is 14.5. The van der Waals surface area contributed by atoms with Crippen molar-refractivity contribution in [2.45, 2.75) is 81.6 Å². The molecule has 7 nitrogen and oxygen atoms in total. The van der Waals surface area contributed by atoms with Gasteiger partial charge in [-0.1, -0.05) is 179 Å². The first-order chi connectivity index (χ1) is 26.1. The summed E-state index contributed by atoms with van der Waals surface area (Å²) in [7, 11) is 1.40. The van der Waals surface area contributed by atoms with Gasteiger partial charge in [0.15, 0.2) is 5.54 Å². The molecule has 0 fully saturated rings. The monoisotopic (exact) mass is 728 g/mol. The molecule has 1 aromatic heterocycles. The number of aromatic nitrogens is 4. The summed E-state index contributed by atoms with van der Waals surface area (Å²) in [6.07, 6.45) is 17.8. The van der Waals surface area contributed by atoms with E-state index in [4.69, 9.17) is 9.84 Å². The minimum atomic E-state index is -0.888. The first kappa shape index (κ1) is 39.4. The van der Waals surface area contributed by atoms with Crippen molar-refractivity contribution < 1.29 is 14.6 Å². The van der Waals surface area contributed by atoms with Gasteiger partial charge < -0.3 is 9.84 Å². The number of carbonyl (C=O) groups is 1. The molecule has 0 bridgehead atoms. The highest BCUT2D eigenvalue weighted by molar-refractivity contribution is 8.00. The van der Waals surface area contributed by atoms with Crippen molar-refractivity contribution in [3.8, 4) is 11.4 Å². The molecule has 0 aliphatic rings. The van der Waals surface area contributed by atoms with E-state index in [0.29, 0.717) is 11.6 Å². The Morgan fingerprint density at radius 3 is 2.02 bits per heavy atom. The largest absolute Gasteiger partial charge is 0.469 e. The van der Waals surface area contributed by atoms with Crippen LogP contribution in [0.2, 0.25) is 0 Å². The van der Waals surface area contributed by atoms with Crippen LogP contribution in [0.3, 0.4) is 0 Å². The third-order valence-corrected chi connectivity index (χ3v) is 10.7. The summed E-state index contributed by atoms with van der Waals surface area (Å²) in [6, 6.07) is 38.4. The lowest BCUT2D eigenvalue weighted by Gasteiger charge is -2.34. The normalized spacial score (nSPS) is 13.0. The Hall–Kier alpha value is -4.79. The van der Waals surface area contributed by atoms with E-state index < -0.39 is 11.6 Å². The maximum absolute atomic E-state index is 11.9. The highest BCUT2D eigenvalue weighted by Gasteiger charge is 2.41. The van der Waals surface area contributed by atoms with Gasteiger partial charge in [0, 0.05) is 11.3 Å². The summed E-state index contributed by atoms with van der Waals surface area (Å²) in [5, 5.41) is 25.8. The Kier molecular flexibility index (Phi) is 15.7. The Balaban J connectivity index is 1.39. The zero-order valence-corrected chi connectivity index (χ0v) is 31.8. The van der Waals surface area contributed by atoms with E-state index >= 15 is 0 Å². The summed E-state index contributed by atoms with van der Waals surface area (Å²) in [4.78, 5) is 13.6. The van der Waals surface area contributed by atoms with Crippen LogP contribution in [0.5, 0.6) is 0 Å². The number of unbranched alkanes of at least 4 members (excludes halogenated alkanes) is 7. The number of ether oxygens (including phenoxy) is 1. The van der Waals surface area contributed by atoms with Crippen LogP contribution in [0.4, 0.5) is 0 Å². The van der Waals surface area contributed by atoms with Crippen LogP contribution in [0.25, 0.3) is 11.4 Å². The number of aliphatic hydroxyl groups is 1. The Labute approximate surface area is 319 Å².